The third kappa shape index (κ3) is 4.51. The molecule has 2 rings (SSSR count). The molecular weight excluding hydrogens is 248 g/mol. The molecule has 2 heterocycles. The maximum atomic E-state index is 5.81. The van der Waals surface area contributed by atoms with Crippen molar-refractivity contribution >= 4 is 16.7 Å². The van der Waals surface area contributed by atoms with Crippen LogP contribution in [0.25, 0.3) is 0 Å². The van der Waals surface area contributed by atoms with Crippen LogP contribution in [-0.2, 0) is 11.2 Å². The molecule has 1 aliphatic rings. The van der Waals surface area contributed by atoms with Crippen molar-refractivity contribution in [3.63, 3.8) is 0 Å². The zero-order chi connectivity index (χ0) is 12.6. The molecule has 1 fully saturated rings. The highest BCUT2D eigenvalue weighted by Gasteiger charge is 2.12. The molecule has 2 N–H and O–H groups in total. The molecule has 0 spiro atoms. The van der Waals surface area contributed by atoms with Gasteiger partial charge < -0.3 is 15.4 Å². The van der Waals surface area contributed by atoms with E-state index in [2.05, 4.69) is 26.9 Å². The van der Waals surface area contributed by atoms with Gasteiger partial charge in [-0.3, -0.25) is 0 Å². The summed E-state index contributed by atoms with van der Waals surface area (Å²) in [7, 11) is 0. The molecule has 0 radical (unpaired) electrons. The quantitative estimate of drug-likeness (QED) is 0.738. The minimum Gasteiger partial charge on any atom is -0.376 e. The molecule has 0 saturated carbocycles. The summed E-state index contributed by atoms with van der Waals surface area (Å²) in [6.45, 7) is 5.85. The Morgan fingerprint density at radius 2 is 2.28 bits per heavy atom. The van der Waals surface area contributed by atoms with E-state index in [4.69, 9.17) is 4.74 Å². The first-order valence-corrected chi connectivity index (χ1v) is 7.54. The molecule has 6 heteroatoms. The monoisotopic (exact) mass is 270 g/mol. The van der Waals surface area contributed by atoms with Crippen molar-refractivity contribution in [3.8, 4) is 0 Å². The molecule has 0 aliphatic carbocycles. The Morgan fingerprint density at radius 3 is 3.06 bits per heavy atom. The molecule has 0 atom stereocenters. The standard InChI is InChI=1S/C12H22N4OS/c1-2-3-11-15-12(18-16-11)14-8-9-17-10-4-6-13-7-5-10/h10,13H,2-9H2,1H3,(H,14,15,16). The number of anilines is 1. The van der Waals surface area contributed by atoms with Crippen LogP contribution in [0.1, 0.15) is 32.0 Å². The van der Waals surface area contributed by atoms with Crippen molar-refractivity contribution in [2.75, 3.05) is 31.6 Å². The van der Waals surface area contributed by atoms with Crippen molar-refractivity contribution in [1.82, 2.24) is 14.7 Å². The molecule has 18 heavy (non-hydrogen) atoms. The summed E-state index contributed by atoms with van der Waals surface area (Å²) < 4.78 is 10.1. The minimum atomic E-state index is 0.429. The van der Waals surface area contributed by atoms with Gasteiger partial charge >= 0.3 is 0 Å². The SMILES string of the molecule is CCCc1nsc(NCCOC2CCNCC2)n1. The lowest BCUT2D eigenvalue weighted by Gasteiger charge is -2.22. The van der Waals surface area contributed by atoms with Gasteiger partial charge in [0, 0.05) is 24.5 Å². The van der Waals surface area contributed by atoms with Crippen molar-refractivity contribution in [2.24, 2.45) is 0 Å². The Bertz CT molecular complexity index is 339. The fourth-order valence-electron chi connectivity index (χ4n) is 2.00. The molecule has 0 aromatic carbocycles. The van der Waals surface area contributed by atoms with E-state index in [-0.39, 0.29) is 0 Å². The normalized spacial score (nSPS) is 16.9. The van der Waals surface area contributed by atoms with E-state index in [1.807, 2.05) is 0 Å². The lowest BCUT2D eigenvalue weighted by molar-refractivity contribution is 0.0394. The Kier molecular flexibility index (Phi) is 5.83. The number of hydrogen-bond acceptors (Lipinski definition) is 6. The van der Waals surface area contributed by atoms with E-state index in [9.17, 15) is 0 Å². The number of hydrogen-bond donors (Lipinski definition) is 2. The Labute approximate surface area is 113 Å². The van der Waals surface area contributed by atoms with Crippen LogP contribution in [0.15, 0.2) is 0 Å². The summed E-state index contributed by atoms with van der Waals surface area (Å²) in [5.74, 6) is 0.948. The zero-order valence-corrected chi connectivity index (χ0v) is 11.8. The lowest BCUT2D eigenvalue weighted by Crippen LogP contribution is -2.33. The van der Waals surface area contributed by atoms with Crippen LogP contribution in [-0.4, -0.2) is 41.7 Å². The first kappa shape index (κ1) is 13.7. The summed E-state index contributed by atoms with van der Waals surface area (Å²) >= 11 is 1.44. The lowest BCUT2D eigenvalue weighted by atomic mass is 10.1. The van der Waals surface area contributed by atoms with Gasteiger partial charge in [0.1, 0.15) is 5.82 Å². The molecule has 0 amide bonds. The van der Waals surface area contributed by atoms with E-state index >= 15 is 0 Å². The van der Waals surface area contributed by atoms with Gasteiger partial charge in [-0.15, -0.1) is 0 Å². The van der Waals surface area contributed by atoms with Gasteiger partial charge in [-0.2, -0.15) is 4.37 Å². The number of piperidine rings is 1. The van der Waals surface area contributed by atoms with E-state index in [1.165, 1.54) is 11.5 Å². The Morgan fingerprint density at radius 1 is 1.44 bits per heavy atom. The predicted molar refractivity (Wildman–Crippen MR) is 74.2 cm³/mol. The molecule has 1 aliphatic heterocycles. The van der Waals surface area contributed by atoms with E-state index in [0.29, 0.717) is 6.10 Å². The number of ether oxygens (including phenoxy) is 1. The van der Waals surface area contributed by atoms with E-state index < -0.39 is 0 Å². The third-order valence-electron chi connectivity index (χ3n) is 2.96. The summed E-state index contributed by atoms with van der Waals surface area (Å²) in [4.78, 5) is 4.42. The van der Waals surface area contributed by atoms with Crippen LogP contribution in [0, 0.1) is 0 Å². The highest BCUT2D eigenvalue weighted by molar-refractivity contribution is 7.09. The average Bonchev–Trinajstić information content (AvgIpc) is 2.84. The van der Waals surface area contributed by atoms with Crippen LogP contribution in [0.3, 0.4) is 0 Å². The molecule has 102 valence electrons. The third-order valence-corrected chi connectivity index (χ3v) is 3.67. The fraction of sp³-hybridized carbons (Fsp3) is 0.833. The van der Waals surface area contributed by atoms with Crippen LogP contribution in [0.4, 0.5) is 5.13 Å². The van der Waals surface area contributed by atoms with E-state index in [0.717, 1.165) is 62.9 Å². The highest BCUT2D eigenvalue weighted by Crippen LogP contribution is 2.12. The zero-order valence-electron chi connectivity index (χ0n) is 10.9. The largest absolute Gasteiger partial charge is 0.376 e. The van der Waals surface area contributed by atoms with Gasteiger partial charge in [-0.25, -0.2) is 4.98 Å². The molecule has 1 saturated heterocycles. The fourth-order valence-corrected chi connectivity index (χ4v) is 2.63. The van der Waals surface area contributed by atoms with Gasteiger partial charge in [0.05, 0.1) is 12.7 Å². The molecular formula is C12H22N4OS. The van der Waals surface area contributed by atoms with Gasteiger partial charge in [0.2, 0.25) is 5.13 Å². The maximum absolute atomic E-state index is 5.81. The second-order valence-corrected chi connectivity index (χ2v) is 5.26. The topological polar surface area (TPSA) is 59.1 Å². The van der Waals surface area contributed by atoms with Crippen LogP contribution >= 0.6 is 11.5 Å². The predicted octanol–water partition coefficient (Wildman–Crippen LogP) is 1.67. The Balaban J connectivity index is 1.59. The number of nitrogens with one attached hydrogen (secondary N) is 2. The number of rotatable bonds is 7. The average molecular weight is 270 g/mol. The molecule has 1 aromatic heterocycles. The number of aromatic nitrogens is 2. The van der Waals surface area contributed by atoms with Crippen molar-refractivity contribution in [3.05, 3.63) is 5.82 Å². The summed E-state index contributed by atoms with van der Waals surface area (Å²) in [6.07, 6.45) is 4.73. The second-order valence-electron chi connectivity index (χ2n) is 4.51. The first-order chi connectivity index (χ1) is 8.88. The molecule has 0 bridgehead atoms. The van der Waals surface area contributed by atoms with Crippen LogP contribution in [0.2, 0.25) is 0 Å². The first-order valence-electron chi connectivity index (χ1n) is 6.77. The van der Waals surface area contributed by atoms with Crippen molar-refractivity contribution in [2.45, 2.75) is 38.7 Å². The van der Waals surface area contributed by atoms with Gasteiger partial charge in [0.25, 0.3) is 0 Å². The van der Waals surface area contributed by atoms with Crippen molar-refractivity contribution in [1.29, 1.82) is 0 Å². The van der Waals surface area contributed by atoms with Gasteiger partial charge in [0.15, 0.2) is 0 Å². The minimum absolute atomic E-state index is 0.429. The molecule has 1 aromatic rings. The highest BCUT2D eigenvalue weighted by atomic mass is 32.1. The summed E-state index contributed by atoms with van der Waals surface area (Å²) in [5.41, 5.74) is 0. The number of aryl methyl sites for hydroxylation is 1. The second kappa shape index (κ2) is 7.66. The smallest absolute Gasteiger partial charge is 0.202 e. The maximum Gasteiger partial charge on any atom is 0.202 e. The van der Waals surface area contributed by atoms with Gasteiger partial charge in [-0.1, -0.05) is 6.92 Å². The van der Waals surface area contributed by atoms with Crippen LogP contribution in [0.5, 0.6) is 0 Å². The van der Waals surface area contributed by atoms with Crippen LogP contribution < -0.4 is 10.6 Å². The number of nitrogens with zero attached hydrogens (tertiary/aromatic N) is 2. The summed E-state index contributed by atoms with van der Waals surface area (Å²) in [5, 5.41) is 7.51. The molecule has 0 unspecified atom stereocenters. The summed E-state index contributed by atoms with van der Waals surface area (Å²) in [6, 6.07) is 0. The van der Waals surface area contributed by atoms with Crippen molar-refractivity contribution < 1.29 is 4.74 Å². The van der Waals surface area contributed by atoms with Gasteiger partial charge in [-0.05, 0) is 32.4 Å². The Hall–Kier alpha value is -0.720. The van der Waals surface area contributed by atoms with E-state index in [1.54, 1.807) is 0 Å². The molecule has 5 nitrogen and oxygen atoms in total.